The largest absolute Gasteiger partial charge is 0.495 e. The van der Waals surface area contributed by atoms with Crippen molar-refractivity contribution in [3.63, 3.8) is 0 Å². The maximum Gasteiger partial charge on any atom is 0.228 e. The summed E-state index contributed by atoms with van der Waals surface area (Å²) >= 11 is 0. The van der Waals surface area contributed by atoms with E-state index in [1.54, 1.807) is 12.0 Å². The first kappa shape index (κ1) is 16.8. The molecule has 2 fully saturated rings. The van der Waals surface area contributed by atoms with Crippen LogP contribution in [0.5, 0.6) is 5.75 Å². The van der Waals surface area contributed by atoms with Crippen LogP contribution in [0, 0.1) is 12.8 Å². The molecule has 1 aliphatic carbocycles. The van der Waals surface area contributed by atoms with Gasteiger partial charge in [0.05, 0.1) is 18.7 Å². The van der Waals surface area contributed by atoms with Gasteiger partial charge < -0.3 is 14.5 Å². The fraction of sp³-hybridized carbons (Fsp3) is 0.579. The maximum atomic E-state index is 12.9. The molecule has 1 atom stereocenters. The molecule has 1 heterocycles. The second kappa shape index (κ2) is 6.46. The van der Waals surface area contributed by atoms with Crippen LogP contribution in [-0.2, 0) is 9.59 Å². The normalized spacial score (nSPS) is 20.6. The number of methoxy groups -OCH3 is 1. The zero-order chi connectivity index (χ0) is 17.4. The Morgan fingerprint density at radius 2 is 2.04 bits per heavy atom. The average Bonchev–Trinajstić information content (AvgIpc) is 3.28. The van der Waals surface area contributed by atoms with Gasteiger partial charge in [-0.2, -0.15) is 0 Å². The van der Waals surface area contributed by atoms with E-state index in [9.17, 15) is 9.59 Å². The zero-order valence-corrected chi connectivity index (χ0v) is 14.9. The lowest BCUT2D eigenvalue weighted by atomic mass is 10.1. The van der Waals surface area contributed by atoms with Crippen LogP contribution in [0.2, 0.25) is 0 Å². The van der Waals surface area contributed by atoms with Gasteiger partial charge in [0.1, 0.15) is 5.75 Å². The van der Waals surface area contributed by atoms with Crippen molar-refractivity contribution in [1.29, 1.82) is 0 Å². The van der Waals surface area contributed by atoms with E-state index in [2.05, 4.69) is 0 Å². The summed E-state index contributed by atoms with van der Waals surface area (Å²) in [4.78, 5) is 29.2. The number of benzene rings is 1. The van der Waals surface area contributed by atoms with Crippen LogP contribution in [0.1, 0.15) is 38.7 Å². The minimum absolute atomic E-state index is 0.00301. The first-order valence-corrected chi connectivity index (χ1v) is 8.69. The lowest BCUT2D eigenvalue weighted by molar-refractivity contribution is -0.138. The fourth-order valence-electron chi connectivity index (χ4n) is 3.54. The van der Waals surface area contributed by atoms with E-state index in [0.29, 0.717) is 18.3 Å². The minimum atomic E-state index is -0.259. The number of nitrogens with zero attached hydrogens (tertiary/aromatic N) is 2. The number of carbonyl (C=O) groups is 2. The first-order valence-electron chi connectivity index (χ1n) is 8.69. The van der Waals surface area contributed by atoms with Crippen molar-refractivity contribution in [1.82, 2.24) is 4.90 Å². The summed E-state index contributed by atoms with van der Waals surface area (Å²) < 4.78 is 5.40. The molecule has 2 aliphatic rings. The molecule has 0 N–H and O–H groups in total. The standard InChI is InChI=1S/C19H26N2O3/c1-12(2)21(15-6-7-15)19(23)14-10-18(22)20(11-14)16-9-13(3)5-8-17(16)24-4/h5,8-9,12,14-15H,6-7,10-11H2,1-4H3. The summed E-state index contributed by atoms with van der Waals surface area (Å²) in [5, 5.41) is 0. The highest BCUT2D eigenvalue weighted by molar-refractivity contribution is 6.01. The summed E-state index contributed by atoms with van der Waals surface area (Å²) in [5.74, 6) is 0.530. The van der Waals surface area contributed by atoms with Crippen molar-refractivity contribution in [2.24, 2.45) is 5.92 Å². The van der Waals surface area contributed by atoms with Gasteiger partial charge in [-0.1, -0.05) is 6.07 Å². The Bertz CT molecular complexity index is 650. The van der Waals surface area contributed by atoms with E-state index in [1.807, 2.05) is 43.9 Å². The van der Waals surface area contributed by atoms with E-state index in [0.717, 1.165) is 24.1 Å². The van der Waals surface area contributed by atoms with Gasteiger partial charge in [0.15, 0.2) is 0 Å². The molecule has 130 valence electrons. The lowest BCUT2D eigenvalue weighted by Gasteiger charge is -2.29. The highest BCUT2D eigenvalue weighted by Crippen LogP contribution is 2.36. The molecule has 1 saturated carbocycles. The number of amides is 2. The number of aryl methyl sites for hydroxylation is 1. The van der Waals surface area contributed by atoms with Gasteiger partial charge in [0.2, 0.25) is 11.8 Å². The molecule has 1 aliphatic heterocycles. The smallest absolute Gasteiger partial charge is 0.228 e. The number of ether oxygens (including phenoxy) is 1. The molecule has 0 bridgehead atoms. The minimum Gasteiger partial charge on any atom is -0.495 e. The van der Waals surface area contributed by atoms with E-state index in [-0.39, 0.29) is 30.2 Å². The topological polar surface area (TPSA) is 49.9 Å². The number of hydrogen-bond donors (Lipinski definition) is 0. The van der Waals surface area contributed by atoms with Gasteiger partial charge in [-0.05, 0) is 51.3 Å². The predicted molar refractivity (Wildman–Crippen MR) is 93.2 cm³/mol. The van der Waals surface area contributed by atoms with E-state index in [4.69, 9.17) is 4.74 Å². The third kappa shape index (κ3) is 3.12. The van der Waals surface area contributed by atoms with Crippen LogP contribution in [-0.4, -0.2) is 42.5 Å². The Labute approximate surface area is 143 Å². The number of carbonyl (C=O) groups excluding carboxylic acids is 2. The molecule has 1 saturated heterocycles. The molecule has 2 amide bonds. The second-order valence-corrected chi connectivity index (χ2v) is 7.15. The highest BCUT2D eigenvalue weighted by Gasteiger charge is 2.42. The predicted octanol–water partition coefficient (Wildman–Crippen LogP) is 2.76. The Morgan fingerprint density at radius 1 is 1.33 bits per heavy atom. The van der Waals surface area contributed by atoms with Crippen LogP contribution in [0.15, 0.2) is 18.2 Å². The maximum absolute atomic E-state index is 12.9. The summed E-state index contributed by atoms with van der Waals surface area (Å²) in [6, 6.07) is 6.33. The molecule has 0 spiro atoms. The van der Waals surface area contributed by atoms with Crippen molar-refractivity contribution in [2.45, 2.75) is 52.1 Å². The van der Waals surface area contributed by atoms with Crippen molar-refractivity contribution in [2.75, 3.05) is 18.6 Å². The third-order valence-corrected chi connectivity index (χ3v) is 4.85. The van der Waals surface area contributed by atoms with Gasteiger partial charge in [-0.25, -0.2) is 0 Å². The van der Waals surface area contributed by atoms with Crippen molar-refractivity contribution in [3.05, 3.63) is 23.8 Å². The molecule has 3 rings (SSSR count). The summed E-state index contributed by atoms with van der Waals surface area (Å²) in [6.45, 7) is 6.52. The van der Waals surface area contributed by atoms with Crippen LogP contribution in [0.25, 0.3) is 0 Å². The molecular formula is C19H26N2O3. The van der Waals surface area contributed by atoms with Gasteiger partial charge in [-0.15, -0.1) is 0 Å². The Hall–Kier alpha value is -2.04. The molecule has 1 aromatic rings. The quantitative estimate of drug-likeness (QED) is 0.834. The molecule has 1 unspecified atom stereocenters. The van der Waals surface area contributed by atoms with E-state index < -0.39 is 0 Å². The van der Waals surface area contributed by atoms with Crippen LogP contribution >= 0.6 is 0 Å². The van der Waals surface area contributed by atoms with Gasteiger partial charge >= 0.3 is 0 Å². The van der Waals surface area contributed by atoms with E-state index in [1.165, 1.54) is 0 Å². The monoisotopic (exact) mass is 330 g/mol. The van der Waals surface area contributed by atoms with Crippen molar-refractivity contribution < 1.29 is 14.3 Å². The van der Waals surface area contributed by atoms with Gasteiger partial charge in [-0.3, -0.25) is 9.59 Å². The molecular weight excluding hydrogens is 304 g/mol. The summed E-state index contributed by atoms with van der Waals surface area (Å²) in [7, 11) is 1.60. The van der Waals surface area contributed by atoms with Crippen LogP contribution < -0.4 is 9.64 Å². The van der Waals surface area contributed by atoms with Crippen molar-refractivity contribution in [3.8, 4) is 5.75 Å². The lowest BCUT2D eigenvalue weighted by Crippen LogP contribution is -2.43. The number of rotatable bonds is 5. The number of hydrogen-bond acceptors (Lipinski definition) is 3. The fourth-order valence-corrected chi connectivity index (χ4v) is 3.54. The molecule has 5 heteroatoms. The van der Waals surface area contributed by atoms with Gasteiger partial charge in [0, 0.05) is 25.0 Å². The Balaban J connectivity index is 1.81. The molecule has 0 aromatic heterocycles. The van der Waals surface area contributed by atoms with Crippen LogP contribution in [0.3, 0.4) is 0 Å². The first-order chi connectivity index (χ1) is 11.4. The van der Waals surface area contributed by atoms with Crippen molar-refractivity contribution >= 4 is 17.5 Å². The summed E-state index contributed by atoms with van der Waals surface area (Å²) in [6.07, 6.45) is 2.45. The molecule has 0 radical (unpaired) electrons. The molecule has 1 aromatic carbocycles. The third-order valence-electron chi connectivity index (χ3n) is 4.85. The van der Waals surface area contributed by atoms with Gasteiger partial charge in [0.25, 0.3) is 0 Å². The van der Waals surface area contributed by atoms with Crippen LogP contribution in [0.4, 0.5) is 5.69 Å². The summed E-state index contributed by atoms with van der Waals surface area (Å²) in [5.41, 5.74) is 1.83. The second-order valence-electron chi connectivity index (χ2n) is 7.15. The molecule has 5 nitrogen and oxygen atoms in total. The Morgan fingerprint density at radius 3 is 2.62 bits per heavy atom. The number of anilines is 1. The van der Waals surface area contributed by atoms with E-state index >= 15 is 0 Å². The Kier molecular flexibility index (Phi) is 4.52. The average molecular weight is 330 g/mol. The highest BCUT2D eigenvalue weighted by atomic mass is 16.5. The zero-order valence-electron chi connectivity index (χ0n) is 14.9. The molecule has 24 heavy (non-hydrogen) atoms. The SMILES string of the molecule is COc1ccc(C)cc1N1CC(C(=O)N(C(C)C)C2CC2)CC1=O.